The van der Waals surface area contributed by atoms with Gasteiger partial charge in [0.15, 0.2) is 5.78 Å². The number of ether oxygens (including phenoxy) is 2. The minimum absolute atomic E-state index is 0.0236. The van der Waals surface area contributed by atoms with E-state index in [-0.39, 0.29) is 24.2 Å². The lowest BCUT2D eigenvalue weighted by molar-refractivity contribution is -0.268. The maximum atomic E-state index is 12.6. The number of carbonyl (C=O) groups is 2. The van der Waals surface area contributed by atoms with Crippen LogP contribution in [0.3, 0.4) is 0 Å². The Morgan fingerprint density at radius 1 is 1.55 bits per heavy atom. The molecule has 3 aliphatic rings. The van der Waals surface area contributed by atoms with Crippen molar-refractivity contribution in [3.8, 4) is 0 Å². The molecule has 22 heavy (non-hydrogen) atoms. The number of Topliss-reactive ketones (excluding diaryl/α,β-unsaturated/α-hetero) is 1. The van der Waals surface area contributed by atoms with Crippen molar-refractivity contribution in [3.63, 3.8) is 0 Å². The number of esters is 1. The van der Waals surface area contributed by atoms with Crippen molar-refractivity contribution >= 4 is 11.8 Å². The van der Waals surface area contributed by atoms with Gasteiger partial charge in [-0.2, -0.15) is 0 Å². The van der Waals surface area contributed by atoms with Crippen molar-refractivity contribution in [2.75, 3.05) is 6.54 Å². The van der Waals surface area contributed by atoms with Gasteiger partial charge >= 0.3 is 5.97 Å². The predicted molar refractivity (Wildman–Crippen MR) is 76.4 cm³/mol. The summed E-state index contributed by atoms with van der Waals surface area (Å²) in [4.78, 5) is 26.9. The van der Waals surface area contributed by atoms with Gasteiger partial charge in [-0.05, 0) is 29.4 Å². The van der Waals surface area contributed by atoms with E-state index in [0.717, 1.165) is 0 Å². The van der Waals surface area contributed by atoms with Gasteiger partial charge in [-0.1, -0.05) is 24.7 Å². The Morgan fingerprint density at radius 3 is 2.95 bits per heavy atom. The number of rotatable bonds is 2. The molecule has 2 heterocycles. The molecule has 0 radical (unpaired) electrons. The summed E-state index contributed by atoms with van der Waals surface area (Å²) in [6.45, 7) is 5.74. The highest BCUT2D eigenvalue weighted by atomic mass is 16.7. The van der Waals surface area contributed by atoms with E-state index < -0.39 is 17.9 Å². The Bertz CT molecular complexity index is 617. The number of allylic oxidation sites excluding steroid dienone is 1. The number of fused-ring (bicyclic) bond motifs is 1. The average molecular weight is 303 g/mol. The highest BCUT2D eigenvalue weighted by molar-refractivity contribution is 6.00. The van der Waals surface area contributed by atoms with Gasteiger partial charge in [-0.25, -0.2) is 4.79 Å². The lowest BCUT2D eigenvalue weighted by atomic mass is 9.73. The fourth-order valence-electron chi connectivity index (χ4n) is 3.58. The molecule has 1 spiro atoms. The van der Waals surface area contributed by atoms with Crippen LogP contribution >= 0.6 is 0 Å². The van der Waals surface area contributed by atoms with Gasteiger partial charge in [0.2, 0.25) is 5.79 Å². The zero-order valence-electron chi connectivity index (χ0n) is 12.3. The molecule has 2 aliphatic heterocycles. The van der Waals surface area contributed by atoms with E-state index >= 15 is 0 Å². The van der Waals surface area contributed by atoms with Crippen LogP contribution in [0.15, 0.2) is 28.9 Å². The summed E-state index contributed by atoms with van der Waals surface area (Å²) in [5.41, 5.74) is 9.24. The molecule has 0 bridgehead atoms. The third kappa shape index (κ3) is 2.32. The van der Waals surface area contributed by atoms with E-state index in [1.165, 1.54) is 0 Å². The third-order valence-corrected chi connectivity index (χ3v) is 4.66. The first-order valence-corrected chi connectivity index (χ1v) is 7.29. The van der Waals surface area contributed by atoms with Gasteiger partial charge in [0.1, 0.15) is 6.10 Å². The van der Waals surface area contributed by atoms with Gasteiger partial charge in [0, 0.05) is 23.3 Å². The van der Waals surface area contributed by atoms with Crippen molar-refractivity contribution in [2.45, 2.75) is 38.1 Å². The number of nitrogens with zero attached hydrogens (tertiary/aromatic N) is 3. The number of hydrogen-bond acceptors (Lipinski definition) is 5. The third-order valence-electron chi connectivity index (χ3n) is 4.66. The Balaban J connectivity index is 1.86. The number of ketones is 1. The van der Waals surface area contributed by atoms with Gasteiger partial charge in [-0.3, -0.25) is 4.79 Å². The quantitative estimate of drug-likeness (QED) is 0.257. The molecule has 0 N–H and O–H groups in total. The van der Waals surface area contributed by atoms with Gasteiger partial charge in [-0.15, -0.1) is 0 Å². The van der Waals surface area contributed by atoms with E-state index in [0.29, 0.717) is 30.4 Å². The predicted octanol–water partition coefficient (Wildman–Crippen LogP) is 2.44. The Morgan fingerprint density at radius 2 is 2.32 bits per heavy atom. The minimum Gasteiger partial charge on any atom is -0.429 e. The largest absolute Gasteiger partial charge is 0.429 e. The summed E-state index contributed by atoms with van der Waals surface area (Å²) >= 11 is 0. The lowest BCUT2D eigenvalue weighted by Crippen LogP contribution is -2.53. The van der Waals surface area contributed by atoms with Crippen molar-refractivity contribution in [3.05, 3.63) is 34.2 Å². The molecule has 0 unspecified atom stereocenters. The molecule has 0 aromatic rings. The number of hydrogen-bond donors (Lipinski definition) is 0. The molecule has 0 aromatic heterocycles. The lowest BCUT2D eigenvalue weighted by Gasteiger charge is -2.45. The first-order valence-electron chi connectivity index (χ1n) is 7.29. The van der Waals surface area contributed by atoms with Crippen LogP contribution in [0.2, 0.25) is 0 Å². The van der Waals surface area contributed by atoms with Gasteiger partial charge < -0.3 is 9.47 Å². The molecular formula is C15H17N3O4. The number of carbonyl (C=O) groups excluding carboxylic acids is 2. The van der Waals surface area contributed by atoms with Crippen LogP contribution in [0.5, 0.6) is 0 Å². The SMILES string of the molecule is C=C1C[C@@]2(C[C@H](C)[C@H]3CC=C(CN=[N+]=[N-])C(=O)[C@@H]3O2)OC1=O. The summed E-state index contributed by atoms with van der Waals surface area (Å²) in [6, 6.07) is 0. The minimum atomic E-state index is -1.06. The second-order valence-corrected chi connectivity index (χ2v) is 6.18. The van der Waals surface area contributed by atoms with Gasteiger partial charge in [0.05, 0.1) is 6.54 Å². The molecule has 4 atom stereocenters. The zero-order valence-corrected chi connectivity index (χ0v) is 12.3. The summed E-state index contributed by atoms with van der Waals surface area (Å²) in [6.07, 6.45) is 2.72. The van der Waals surface area contributed by atoms with Crippen molar-refractivity contribution in [2.24, 2.45) is 17.0 Å². The van der Waals surface area contributed by atoms with Crippen LogP contribution in [-0.2, 0) is 19.1 Å². The van der Waals surface area contributed by atoms with Gasteiger partial charge in [0.25, 0.3) is 0 Å². The topological polar surface area (TPSA) is 101 Å². The summed E-state index contributed by atoms with van der Waals surface area (Å²) in [5, 5.41) is 3.45. The fraction of sp³-hybridized carbons (Fsp3) is 0.600. The van der Waals surface area contributed by atoms with E-state index in [2.05, 4.69) is 16.6 Å². The van der Waals surface area contributed by atoms with Crippen molar-refractivity contribution < 1.29 is 19.1 Å². The Labute approximate surface area is 127 Å². The molecule has 3 rings (SSSR count). The van der Waals surface area contributed by atoms with Crippen LogP contribution in [0, 0.1) is 11.8 Å². The maximum absolute atomic E-state index is 12.6. The number of azide groups is 1. The molecule has 0 saturated carbocycles. The molecule has 7 nitrogen and oxygen atoms in total. The van der Waals surface area contributed by atoms with Crippen molar-refractivity contribution in [1.29, 1.82) is 0 Å². The van der Waals surface area contributed by atoms with Crippen molar-refractivity contribution in [1.82, 2.24) is 0 Å². The highest BCUT2D eigenvalue weighted by Gasteiger charge is 2.54. The smallest absolute Gasteiger partial charge is 0.336 e. The molecule has 0 aromatic carbocycles. The van der Waals surface area contributed by atoms with E-state index in [4.69, 9.17) is 15.0 Å². The molecule has 116 valence electrons. The normalized spacial score (nSPS) is 37.4. The highest BCUT2D eigenvalue weighted by Crippen LogP contribution is 2.47. The molecule has 1 aliphatic carbocycles. The van der Waals surface area contributed by atoms with E-state index in [9.17, 15) is 9.59 Å². The zero-order chi connectivity index (χ0) is 15.9. The van der Waals surface area contributed by atoms with E-state index in [1.54, 1.807) is 0 Å². The maximum Gasteiger partial charge on any atom is 0.336 e. The Hall–Kier alpha value is -2.11. The Kier molecular flexibility index (Phi) is 3.54. The van der Waals surface area contributed by atoms with Crippen LogP contribution in [0.25, 0.3) is 10.4 Å². The standard InChI is InChI=1S/C15H17N3O4/c1-8-5-15(6-9(2)14(20)22-15)21-13-11(8)4-3-10(12(13)19)7-17-18-16/h3,8,11,13H,2,4-7H2,1H3/t8-,11+,13+,15+/m0/s1. The fourth-order valence-corrected chi connectivity index (χ4v) is 3.58. The monoisotopic (exact) mass is 303 g/mol. The first kappa shape index (κ1) is 14.8. The summed E-state index contributed by atoms with van der Waals surface area (Å²) in [5.74, 6) is -1.47. The average Bonchev–Trinajstić information content (AvgIpc) is 2.73. The molecule has 2 saturated heterocycles. The van der Waals surface area contributed by atoms with Crippen LogP contribution in [0.1, 0.15) is 26.2 Å². The molecular weight excluding hydrogens is 286 g/mol. The first-order chi connectivity index (χ1) is 10.5. The van der Waals surface area contributed by atoms with E-state index in [1.807, 2.05) is 13.0 Å². The molecule has 7 heteroatoms. The summed E-state index contributed by atoms with van der Waals surface area (Å²) < 4.78 is 11.3. The second-order valence-electron chi connectivity index (χ2n) is 6.18. The van der Waals surface area contributed by atoms with Crippen LogP contribution < -0.4 is 0 Å². The van der Waals surface area contributed by atoms with Crippen LogP contribution in [0.4, 0.5) is 0 Å². The van der Waals surface area contributed by atoms with Crippen LogP contribution in [-0.4, -0.2) is 30.2 Å². The second kappa shape index (κ2) is 5.26. The summed E-state index contributed by atoms with van der Waals surface area (Å²) in [7, 11) is 0. The molecule has 2 fully saturated rings. The molecule has 0 amide bonds.